The molecule has 0 heterocycles. The van der Waals surface area contributed by atoms with Crippen LogP contribution in [0.5, 0.6) is 0 Å². The maximum Gasteiger partial charge on any atom is 2.00 e. The summed E-state index contributed by atoms with van der Waals surface area (Å²) in [5, 5.41) is 5.16. The largest absolute Gasteiger partial charge is 2.00 e. The summed E-state index contributed by atoms with van der Waals surface area (Å²) >= 11 is 0. The third-order valence-electron chi connectivity index (χ3n) is 3.29. The van der Waals surface area contributed by atoms with Crippen molar-refractivity contribution in [1.29, 1.82) is 0 Å². The average molecular weight is 394 g/mol. The predicted molar refractivity (Wildman–Crippen MR) is 94.6 cm³/mol. The van der Waals surface area contributed by atoms with Crippen molar-refractivity contribution < 1.29 is 31.0 Å². The van der Waals surface area contributed by atoms with E-state index in [4.69, 9.17) is 0 Å². The first-order chi connectivity index (χ1) is 12.1. The van der Waals surface area contributed by atoms with E-state index in [1.165, 1.54) is 24.3 Å². The van der Waals surface area contributed by atoms with E-state index >= 15 is 0 Å². The van der Waals surface area contributed by atoms with Crippen LogP contribution >= 0.6 is 0 Å². The molecule has 3 aromatic rings. The van der Waals surface area contributed by atoms with Gasteiger partial charge in [0, 0.05) is 5.56 Å². The molecule has 3 aromatic carbocycles. The van der Waals surface area contributed by atoms with Crippen LogP contribution in [0, 0.1) is 5.82 Å². The van der Waals surface area contributed by atoms with Gasteiger partial charge in [-0.05, 0) is 30.8 Å². The second-order valence-corrected chi connectivity index (χ2v) is 5.22. The quantitative estimate of drug-likeness (QED) is 0.517. The molecule has 136 valence electrons. The third kappa shape index (κ3) is 7.92. The van der Waals surface area contributed by atoms with E-state index in [-0.39, 0.29) is 29.5 Å². The second-order valence-electron chi connectivity index (χ2n) is 5.22. The molecule has 0 aromatic heterocycles. The molecular formula is C20H19FFeN2O2. The van der Waals surface area contributed by atoms with Crippen LogP contribution in [-0.2, 0) is 28.4 Å². The fraction of sp³-hybridized carbons (Fsp3) is 0.100. The molecule has 0 saturated heterocycles. The zero-order valence-electron chi connectivity index (χ0n) is 14.0. The molecule has 0 atom stereocenters. The van der Waals surface area contributed by atoms with Crippen LogP contribution in [0.3, 0.4) is 0 Å². The van der Waals surface area contributed by atoms with E-state index in [9.17, 15) is 14.0 Å². The third-order valence-corrected chi connectivity index (χ3v) is 3.29. The number of hydrogen-bond acceptors (Lipinski definition) is 2. The van der Waals surface area contributed by atoms with Crippen molar-refractivity contribution in [3.05, 3.63) is 95.8 Å². The molecule has 0 aliphatic heterocycles. The summed E-state index contributed by atoms with van der Waals surface area (Å²) in [7, 11) is 0. The van der Waals surface area contributed by atoms with Crippen LogP contribution in [0.4, 0.5) is 4.39 Å². The van der Waals surface area contributed by atoms with Crippen molar-refractivity contribution in [3.8, 4) is 0 Å². The predicted octanol–water partition coefficient (Wildman–Crippen LogP) is 2.99. The van der Waals surface area contributed by atoms with Gasteiger partial charge in [-0.25, -0.2) is 22.6 Å². The maximum atomic E-state index is 12.7. The molecule has 0 aliphatic carbocycles. The van der Waals surface area contributed by atoms with Gasteiger partial charge in [-0.15, -0.1) is 0 Å². The van der Waals surface area contributed by atoms with E-state index in [1.54, 1.807) is 0 Å². The van der Waals surface area contributed by atoms with E-state index < -0.39 is 11.7 Å². The molecule has 0 fully saturated rings. The summed E-state index contributed by atoms with van der Waals surface area (Å²) in [5.41, 5.74) is 1.32. The van der Waals surface area contributed by atoms with Gasteiger partial charge >= 0.3 is 17.1 Å². The van der Waals surface area contributed by atoms with Gasteiger partial charge in [0.1, 0.15) is 5.82 Å². The number of carbonyl (C=O) groups is 2. The van der Waals surface area contributed by atoms with Crippen molar-refractivity contribution >= 4 is 11.8 Å². The zero-order chi connectivity index (χ0) is 17.9. The summed E-state index contributed by atoms with van der Waals surface area (Å²) in [5.74, 6) is -1.09. The Balaban J connectivity index is 0.000000486. The van der Waals surface area contributed by atoms with Crippen LogP contribution in [-0.4, -0.2) is 18.4 Å². The van der Waals surface area contributed by atoms with Gasteiger partial charge in [0.05, 0.1) is 6.54 Å². The van der Waals surface area contributed by atoms with Crippen molar-refractivity contribution in [2.24, 2.45) is 0 Å². The van der Waals surface area contributed by atoms with E-state index in [0.29, 0.717) is 12.1 Å². The van der Waals surface area contributed by atoms with Gasteiger partial charge < -0.3 is 10.6 Å². The van der Waals surface area contributed by atoms with E-state index in [0.717, 1.165) is 5.56 Å². The maximum absolute atomic E-state index is 12.7. The molecule has 2 N–H and O–H groups in total. The van der Waals surface area contributed by atoms with Crippen LogP contribution in [0.25, 0.3) is 0 Å². The van der Waals surface area contributed by atoms with Gasteiger partial charge in [-0.3, -0.25) is 9.59 Å². The summed E-state index contributed by atoms with van der Waals surface area (Å²) in [6.07, 6.45) is 0. The van der Waals surface area contributed by atoms with Gasteiger partial charge in [-0.1, -0.05) is 0 Å². The molecule has 3 rings (SSSR count). The van der Waals surface area contributed by atoms with E-state index in [2.05, 4.69) is 10.6 Å². The van der Waals surface area contributed by atoms with Gasteiger partial charge in [0.25, 0.3) is 5.91 Å². The number of halogens is 1. The first-order valence-corrected chi connectivity index (χ1v) is 7.83. The number of amides is 2. The molecule has 6 heteroatoms. The fourth-order valence-electron chi connectivity index (χ4n) is 1.98. The number of rotatable bonds is 5. The number of nitrogens with one attached hydrogen (secondary N) is 2. The Morgan fingerprint density at radius 2 is 1.62 bits per heavy atom. The molecule has 2 amide bonds. The Hall–Kier alpha value is -2.69. The Bertz CT molecular complexity index is 737. The van der Waals surface area contributed by atoms with E-state index in [1.807, 2.05) is 54.6 Å². The first-order valence-electron chi connectivity index (χ1n) is 7.83. The van der Waals surface area contributed by atoms with Crippen LogP contribution in [0.2, 0.25) is 0 Å². The van der Waals surface area contributed by atoms with Crippen molar-refractivity contribution in [3.63, 3.8) is 0 Å². The fourth-order valence-corrected chi connectivity index (χ4v) is 1.98. The molecule has 0 saturated carbocycles. The zero-order valence-corrected chi connectivity index (χ0v) is 15.1. The number of hydrogen-bond donors (Lipinski definition) is 2. The number of carbonyl (C=O) groups excluding carboxylic acids is 2. The Morgan fingerprint density at radius 1 is 0.923 bits per heavy atom. The van der Waals surface area contributed by atoms with Gasteiger partial charge in [0.2, 0.25) is 5.91 Å². The monoisotopic (exact) mass is 394 g/mol. The number of benzene rings is 1. The van der Waals surface area contributed by atoms with Gasteiger partial charge in [-0.2, -0.15) is 42.0 Å². The minimum Gasteiger partial charge on any atom is -0.363 e. The normalized spacial score (nSPS) is 9.27. The van der Waals surface area contributed by atoms with Gasteiger partial charge in [0.15, 0.2) is 0 Å². The molecule has 0 unspecified atom stereocenters. The van der Waals surface area contributed by atoms with Crippen LogP contribution < -0.4 is 10.6 Å². The van der Waals surface area contributed by atoms with Crippen molar-refractivity contribution in [2.75, 3.05) is 6.54 Å². The Morgan fingerprint density at radius 3 is 2.15 bits per heavy atom. The average Bonchev–Trinajstić information content (AvgIpc) is 3.34. The summed E-state index contributed by atoms with van der Waals surface area (Å²) < 4.78 is 12.7. The van der Waals surface area contributed by atoms with Crippen LogP contribution in [0.1, 0.15) is 15.9 Å². The topological polar surface area (TPSA) is 58.2 Å². The SMILES string of the molecule is O=C(CNC(=O)c1ccc(F)cc1)NCc1cc[cH-]c1.[Fe+2].c1cc[cH-]c1. The summed E-state index contributed by atoms with van der Waals surface area (Å²) in [6, 6.07) is 22.7. The summed E-state index contributed by atoms with van der Waals surface area (Å²) in [4.78, 5) is 23.2. The Labute approximate surface area is 162 Å². The molecular weight excluding hydrogens is 375 g/mol. The van der Waals surface area contributed by atoms with Crippen molar-refractivity contribution in [2.45, 2.75) is 6.54 Å². The minimum absolute atomic E-state index is 0. The van der Waals surface area contributed by atoms with Crippen molar-refractivity contribution in [1.82, 2.24) is 10.6 Å². The molecule has 26 heavy (non-hydrogen) atoms. The smallest absolute Gasteiger partial charge is 0.363 e. The molecule has 0 aliphatic rings. The molecule has 0 spiro atoms. The summed E-state index contributed by atoms with van der Waals surface area (Å²) in [6.45, 7) is 0.315. The first kappa shape index (κ1) is 21.4. The molecule has 0 radical (unpaired) electrons. The second kappa shape index (κ2) is 11.8. The standard InChI is InChI=1S/C15H14FN2O2.C5H5.Fe/c16-13-7-5-12(6-8-13)15(20)18-10-14(19)17-9-11-3-1-2-4-11;1-2-4-5-3-1;/h1-8H,9-10H2,(H,17,19)(H,18,20);1-5H;/q2*-1;+2. The molecule has 0 bridgehead atoms. The molecule has 4 nitrogen and oxygen atoms in total. The minimum atomic E-state index is -0.409. The van der Waals surface area contributed by atoms with Crippen LogP contribution in [0.15, 0.2) is 78.9 Å². The Kier molecular flexibility index (Phi) is 9.68.